The predicted molar refractivity (Wildman–Crippen MR) is 45.0 cm³/mol. The van der Waals surface area contributed by atoms with Gasteiger partial charge in [0.05, 0.1) is 24.6 Å². The maximum atomic E-state index is 10.9. The van der Waals surface area contributed by atoms with Crippen molar-refractivity contribution < 1.29 is 14.7 Å². The molecule has 0 spiro atoms. The highest BCUT2D eigenvalue weighted by Crippen LogP contribution is 2.00. The van der Waals surface area contributed by atoms with Crippen molar-refractivity contribution in [2.45, 2.75) is 0 Å². The van der Waals surface area contributed by atoms with Crippen molar-refractivity contribution >= 4 is 12.2 Å². The molecule has 0 radical (unpaired) electrons. The summed E-state index contributed by atoms with van der Waals surface area (Å²) < 4.78 is 4.47. The highest BCUT2D eigenvalue weighted by molar-refractivity contribution is 5.89. The van der Waals surface area contributed by atoms with Gasteiger partial charge in [0.1, 0.15) is 0 Å². The number of ether oxygens (including phenoxy) is 1. The minimum absolute atomic E-state index is 0.359. The van der Waals surface area contributed by atoms with Crippen LogP contribution in [0.4, 0.5) is 0 Å². The Morgan fingerprint density at radius 3 is 2.92 bits per heavy atom. The van der Waals surface area contributed by atoms with Gasteiger partial charge in [-0.25, -0.2) is 4.79 Å². The van der Waals surface area contributed by atoms with Gasteiger partial charge >= 0.3 is 5.97 Å². The summed E-state index contributed by atoms with van der Waals surface area (Å²) in [5.41, 5.74) is 0.827. The summed E-state index contributed by atoms with van der Waals surface area (Å²) in [7, 11) is 1.30. The van der Waals surface area contributed by atoms with Crippen LogP contribution in [-0.4, -0.2) is 29.5 Å². The van der Waals surface area contributed by atoms with Gasteiger partial charge in [0.25, 0.3) is 0 Å². The van der Waals surface area contributed by atoms with Gasteiger partial charge in [0, 0.05) is 6.20 Å². The molecule has 1 aromatic rings. The summed E-state index contributed by atoms with van der Waals surface area (Å²) in [6.45, 7) is 0. The van der Waals surface area contributed by atoms with Gasteiger partial charge in [-0.3, -0.25) is 4.98 Å². The number of oxime groups is 1. The minimum atomic E-state index is -0.444. The highest BCUT2D eigenvalue weighted by Gasteiger charge is 2.03. The lowest BCUT2D eigenvalue weighted by Gasteiger charge is -1.97. The van der Waals surface area contributed by atoms with E-state index in [1.807, 2.05) is 0 Å². The number of carbonyl (C=O) groups is 1. The lowest BCUT2D eigenvalue weighted by molar-refractivity contribution is 0.0600. The molecule has 1 rings (SSSR count). The van der Waals surface area contributed by atoms with E-state index in [1.54, 1.807) is 6.07 Å². The first-order valence-corrected chi connectivity index (χ1v) is 3.49. The molecule has 0 aliphatic rings. The molecule has 13 heavy (non-hydrogen) atoms. The minimum Gasteiger partial charge on any atom is -0.465 e. The van der Waals surface area contributed by atoms with Crippen LogP contribution in [0, 0.1) is 0 Å². The number of rotatable bonds is 2. The SMILES string of the molecule is COC(=O)c1ccc(/C=N\O)nc1. The molecule has 0 amide bonds. The fourth-order valence-electron chi connectivity index (χ4n) is 0.779. The summed E-state index contributed by atoms with van der Waals surface area (Å²) >= 11 is 0. The maximum absolute atomic E-state index is 10.9. The van der Waals surface area contributed by atoms with E-state index in [0.29, 0.717) is 11.3 Å². The molecule has 0 bridgehead atoms. The summed E-state index contributed by atoms with van der Waals surface area (Å²) in [6, 6.07) is 3.09. The first-order valence-electron chi connectivity index (χ1n) is 3.49. The molecule has 1 heterocycles. The molecule has 5 nitrogen and oxygen atoms in total. The Hall–Kier alpha value is -1.91. The van der Waals surface area contributed by atoms with Crippen LogP contribution in [-0.2, 0) is 4.74 Å². The largest absolute Gasteiger partial charge is 0.465 e. The van der Waals surface area contributed by atoms with Gasteiger partial charge in [0.2, 0.25) is 0 Å². The second-order valence-corrected chi connectivity index (χ2v) is 2.21. The van der Waals surface area contributed by atoms with Gasteiger partial charge in [-0.1, -0.05) is 5.16 Å². The number of esters is 1. The van der Waals surface area contributed by atoms with Crippen LogP contribution in [0.3, 0.4) is 0 Å². The molecule has 0 aromatic carbocycles. The average molecular weight is 180 g/mol. The molecule has 1 aromatic heterocycles. The Morgan fingerprint density at radius 1 is 1.69 bits per heavy atom. The van der Waals surface area contributed by atoms with Crippen LogP contribution in [0.5, 0.6) is 0 Å². The van der Waals surface area contributed by atoms with E-state index >= 15 is 0 Å². The molecule has 0 unspecified atom stereocenters. The highest BCUT2D eigenvalue weighted by atomic mass is 16.5. The summed E-state index contributed by atoms with van der Waals surface area (Å²) in [5, 5.41) is 11.0. The quantitative estimate of drug-likeness (QED) is 0.314. The first-order chi connectivity index (χ1) is 6.27. The average Bonchev–Trinajstić information content (AvgIpc) is 2.18. The Morgan fingerprint density at radius 2 is 2.46 bits per heavy atom. The summed E-state index contributed by atoms with van der Waals surface area (Å²) in [5.74, 6) is -0.444. The molecule has 0 fully saturated rings. The van der Waals surface area contributed by atoms with Crippen LogP contribution in [0.15, 0.2) is 23.5 Å². The topological polar surface area (TPSA) is 71.8 Å². The zero-order valence-electron chi connectivity index (χ0n) is 6.97. The standard InChI is InChI=1S/C8H8N2O3/c1-13-8(11)6-2-3-7(5-10-12)9-4-6/h2-5,12H,1H3/b10-5-. The van der Waals surface area contributed by atoms with Crippen molar-refractivity contribution in [2.24, 2.45) is 5.16 Å². The maximum Gasteiger partial charge on any atom is 0.339 e. The molecule has 0 aliphatic carbocycles. The molecule has 5 heteroatoms. The van der Waals surface area contributed by atoms with Crippen molar-refractivity contribution in [1.82, 2.24) is 4.98 Å². The molecular formula is C8H8N2O3. The number of carbonyl (C=O) groups excluding carboxylic acids is 1. The van der Waals surface area contributed by atoms with Crippen molar-refractivity contribution in [3.05, 3.63) is 29.6 Å². The van der Waals surface area contributed by atoms with Gasteiger partial charge in [-0.2, -0.15) is 0 Å². The predicted octanol–water partition coefficient (Wildman–Crippen LogP) is 0.676. The Balaban J connectivity index is 2.87. The van der Waals surface area contributed by atoms with E-state index in [2.05, 4.69) is 14.9 Å². The van der Waals surface area contributed by atoms with E-state index in [9.17, 15) is 4.79 Å². The monoisotopic (exact) mass is 180 g/mol. The normalized spacial score (nSPS) is 10.2. The van der Waals surface area contributed by atoms with E-state index in [1.165, 1.54) is 25.6 Å². The van der Waals surface area contributed by atoms with Gasteiger partial charge < -0.3 is 9.94 Å². The zero-order chi connectivity index (χ0) is 9.68. The van der Waals surface area contributed by atoms with Crippen LogP contribution in [0.2, 0.25) is 0 Å². The summed E-state index contributed by atoms with van der Waals surface area (Å²) in [6.07, 6.45) is 2.52. The second-order valence-electron chi connectivity index (χ2n) is 2.21. The molecule has 0 saturated carbocycles. The third-order valence-corrected chi connectivity index (χ3v) is 1.40. The number of pyridine rings is 1. The van der Waals surface area contributed by atoms with Crippen molar-refractivity contribution in [3.63, 3.8) is 0 Å². The van der Waals surface area contributed by atoms with Crippen molar-refractivity contribution in [2.75, 3.05) is 7.11 Å². The van der Waals surface area contributed by atoms with Crippen LogP contribution < -0.4 is 0 Å². The fraction of sp³-hybridized carbons (Fsp3) is 0.125. The molecule has 0 saturated heterocycles. The van der Waals surface area contributed by atoms with E-state index < -0.39 is 5.97 Å². The van der Waals surface area contributed by atoms with Crippen molar-refractivity contribution in [3.8, 4) is 0 Å². The van der Waals surface area contributed by atoms with E-state index in [4.69, 9.17) is 5.21 Å². The number of hydrogen-bond donors (Lipinski definition) is 1. The Bertz CT molecular complexity index is 319. The molecule has 0 atom stereocenters. The van der Waals surface area contributed by atoms with Crippen LogP contribution >= 0.6 is 0 Å². The van der Waals surface area contributed by atoms with Crippen molar-refractivity contribution in [1.29, 1.82) is 0 Å². The lowest BCUT2D eigenvalue weighted by atomic mass is 10.2. The lowest BCUT2D eigenvalue weighted by Crippen LogP contribution is -2.02. The zero-order valence-corrected chi connectivity index (χ0v) is 6.97. The smallest absolute Gasteiger partial charge is 0.339 e. The molecule has 0 aliphatic heterocycles. The van der Waals surface area contributed by atoms with E-state index in [0.717, 1.165) is 0 Å². The Kier molecular flexibility index (Phi) is 2.97. The first kappa shape index (κ1) is 9.18. The van der Waals surface area contributed by atoms with E-state index in [-0.39, 0.29) is 0 Å². The molecule has 68 valence electrons. The summed E-state index contributed by atoms with van der Waals surface area (Å²) in [4.78, 5) is 14.8. The fourth-order valence-corrected chi connectivity index (χ4v) is 0.779. The number of nitrogens with zero attached hydrogens (tertiary/aromatic N) is 2. The number of aromatic nitrogens is 1. The molecule has 1 N–H and O–H groups in total. The Labute approximate surface area is 74.7 Å². The van der Waals surface area contributed by atoms with Crippen LogP contribution in [0.25, 0.3) is 0 Å². The third kappa shape index (κ3) is 2.26. The van der Waals surface area contributed by atoms with Gasteiger partial charge in [0.15, 0.2) is 0 Å². The number of hydrogen-bond acceptors (Lipinski definition) is 5. The number of methoxy groups -OCH3 is 1. The van der Waals surface area contributed by atoms with Crippen LogP contribution in [0.1, 0.15) is 16.1 Å². The van der Waals surface area contributed by atoms with Gasteiger partial charge in [-0.05, 0) is 12.1 Å². The third-order valence-electron chi connectivity index (χ3n) is 1.40. The second kappa shape index (κ2) is 4.20. The molecular weight excluding hydrogens is 172 g/mol. The van der Waals surface area contributed by atoms with Gasteiger partial charge in [-0.15, -0.1) is 0 Å².